The molecule has 3 aliphatic heterocycles. The van der Waals surface area contributed by atoms with E-state index in [1.54, 1.807) is 4.57 Å². The summed E-state index contributed by atoms with van der Waals surface area (Å²) in [7, 11) is 2.02. The van der Waals surface area contributed by atoms with Crippen LogP contribution in [0.3, 0.4) is 0 Å². The SMILES string of the molecule is CC(C)N=c1cc2n(-c3ccc(Cl)cc3)c3ccccc3nc-2cc1Nc1ccc(Cl)cc1.CC[C@@H](CO)NCCN[C@@H](CC)CO.C[C@H]1COc2c(N3CCN(C)CC3)c(F)cc3c(=O)c(C(=O)O)cn1c23. The van der Waals surface area contributed by atoms with Gasteiger partial charge in [0.25, 0.3) is 0 Å². The van der Waals surface area contributed by atoms with Crippen molar-refractivity contribution in [2.45, 2.75) is 71.6 Å². The molecule has 0 unspecified atom stereocenters. The zero-order valence-corrected chi connectivity index (χ0v) is 43.7. The number of carbonyl (C=O) groups is 1. The van der Waals surface area contributed by atoms with Crippen LogP contribution in [0.25, 0.3) is 39.0 Å². The molecule has 3 atom stereocenters. The van der Waals surface area contributed by atoms with Gasteiger partial charge in [-0.25, -0.2) is 14.2 Å². The fourth-order valence-corrected chi connectivity index (χ4v) is 9.05. The van der Waals surface area contributed by atoms with Crippen molar-refractivity contribution in [3.05, 3.63) is 134 Å². The summed E-state index contributed by atoms with van der Waals surface area (Å²) < 4.78 is 24.8. The van der Waals surface area contributed by atoms with Gasteiger partial charge in [-0.05, 0) is 120 Å². The molecule has 9 rings (SSSR count). The quantitative estimate of drug-likeness (QED) is 0.0425. The number of pyridine rings is 1. The van der Waals surface area contributed by atoms with Crippen molar-refractivity contribution in [1.29, 1.82) is 0 Å². The van der Waals surface area contributed by atoms with Gasteiger partial charge in [-0.3, -0.25) is 9.79 Å². The van der Waals surface area contributed by atoms with Crippen molar-refractivity contribution >= 4 is 68.2 Å². The Morgan fingerprint density at radius 3 is 2.10 bits per heavy atom. The Bertz CT molecular complexity index is 3070. The fourth-order valence-electron chi connectivity index (χ4n) is 8.80. The van der Waals surface area contributed by atoms with Gasteiger partial charge < -0.3 is 54.9 Å². The lowest BCUT2D eigenvalue weighted by Gasteiger charge is -2.37. The number of hydrogen-bond acceptors (Lipinski definition) is 12. The molecule has 4 aromatic carbocycles. The highest BCUT2D eigenvalue weighted by atomic mass is 35.5. The molecule has 0 radical (unpaired) electrons. The topological polar surface area (TPSA) is 182 Å². The molecule has 1 saturated heterocycles. The zero-order chi connectivity index (χ0) is 52.3. The molecule has 0 bridgehead atoms. The summed E-state index contributed by atoms with van der Waals surface area (Å²) in [6, 6.07) is 29.3. The minimum absolute atomic E-state index is 0.0434. The molecule has 4 heterocycles. The smallest absolute Gasteiger partial charge is 0.341 e. The number of fused-ring (bicyclic) bond motifs is 2. The van der Waals surface area contributed by atoms with Gasteiger partial charge in [-0.2, -0.15) is 0 Å². The van der Waals surface area contributed by atoms with Crippen molar-refractivity contribution in [3.8, 4) is 22.8 Å². The zero-order valence-electron chi connectivity index (χ0n) is 42.2. The predicted octanol–water partition coefficient (Wildman–Crippen LogP) is 8.74. The molecular weight excluding hydrogens is 973 g/mol. The first-order chi connectivity index (χ1) is 35.1. The highest BCUT2D eigenvalue weighted by molar-refractivity contribution is 6.30. The van der Waals surface area contributed by atoms with Crippen LogP contribution in [0, 0.1) is 5.82 Å². The maximum Gasteiger partial charge on any atom is 0.341 e. The Balaban J connectivity index is 0.000000174. The van der Waals surface area contributed by atoms with Gasteiger partial charge in [0.05, 0.1) is 63.6 Å². The van der Waals surface area contributed by atoms with Gasteiger partial charge in [-0.1, -0.05) is 49.2 Å². The maximum atomic E-state index is 15.0. The summed E-state index contributed by atoms with van der Waals surface area (Å²) in [6.07, 6.45) is 3.22. The number of hydrogen-bond donors (Lipinski definition) is 6. The third-order valence-corrected chi connectivity index (χ3v) is 13.4. The van der Waals surface area contributed by atoms with E-state index in [2.05, 4.69) is 57.5 Å². The van der Waals surface area contributed by atoms with E-state index in [0.717, 1.165) is 89.9 Å². The monoisotopic (exact) mass is 1040 g/mol. The molecular formula is C55H66Cl2FN9O6. The molecule has 1 aromatic heterocycles. The number of aromatic carboxylic acids is 1. The maximum absolute atomic E-state index is 15.0. The Morgan fingerprint density at radius 2 is 1.51 bits per heavy atom. The minimum Gasteiger partial charge on any atom is -0.487 e. The highest BCUT2D eigenvalue weighted by Gasteiger charge is 2.31. The van der Waals surface area contributed by atoms with E-state index in [4.69, 9.17) is 48.1 Å². The molecule has 15 nitrogen and oxygen atoms in total. The number of rotatable bonds is 15. The lowest BCUT2D eigenvalue weighted by molar-refractivity contribution is 0.0694. The molecule has 0 amide bonds. The van der Waals surface area contributed by atoms with Gasteiger partial charge in [-0.15, -0.1) is 0 Å². The fraction of sp³-hybridized carbons (Fsp3) is 0.382. The number of nitrogens with zero attached hydrogens (tertiary/aromatic N) is 6. The van der Waals surface area contributed by atoms with Gasteiger partial charge in [0.2, 0.25) is 5.43 Å². The summed E-state index contributed by atoms with van der Waals surface area (Å²) in [4.78, 5) is 38.0. The first-order valence-electron chi connectivity index (χ1n) is 24.8. The van der Waals surface area contributed by atoms with Crippen LogP contribution in [0.2, 0.25) is 10.0 Å². The number of ether oxygens (including phenoxy) is 1. The lowest BCUT2D eigenvalue weighted by Crippen LogP contribution is -2.45. The van der Waals surface area contributed by atoms with Gasteiger partial charge in [0.1, 0.15) is 17.9 Å². The van der Waals surface area contributed by atoms with Crippen molar-refractivity contribution in [2.75, 3.05) is 76.4 Å². The molecule has 4 aliphatic rings. The van der Waals surface area contributed by atoms with Gasteiger partial charge >= 0.3 is 5.97 Å². The summed E-state index contributed by atoms with van der Waals surface area (Å²) >= 11 is 12.2. The molecule has 73 heavy (non-hydrogen) atoms. The average Bonchev–Trinajstić information content (AvgIpc) is 3.38. The molecule has 5 aromatic rings. The minimum atomic E-state index is -1.32. The number of aliphatic hydroxyl groups is 2. The molecule has 388 valence electrons. The van der Waals surface area contributed by atoms with Crippen LogP contribution in [0.1, 0.15) is 63.9 Å². The summed E-state index contributed by atoms with van der Waals surface area (Å²) in [5.41, 5.74) is 6.37. The summed E-state index contributed by atoms with van der Waals surface area (Å²) in [6.45, 7) is 15.3. The molecule has 6 N–H and O–H groups in total. The van der Waals surface area contributed by atoms with E-state index in [1.807, 2.05) is 99.4 Å². The van der Waals surface area contributed by atoms with E-state index >= 15 is 0 Å². The van der Waals surface area contributed by atoms with Crippen molar-refractivity contribution in [3.63, 3.8) is 0 Å². The molecule has 1 aliphatic carbocycles. The number of benzene rings is 5. The van der Waals surface area contributed by atoms with Gasteiger partial charge in [0.15, 0.2) is 11.6 Å². The van der Waals surface area contributed by atoms with Crippen molar-refractivity contribution in [2.24, 2.45) is 4.99 Å². The normalized spacial score (nSPS) is 15.6. The number of aromatic nitrogens is 3. The van der Waals surface area contributed by atoms with Crippen LogP contribution in [0.15, 0.2) is 107 Å². The number of anilines is 3. The van der Waals surface area contributed by atoms with Crippen LogP contribution in [0.4, 0.5) is 21.5 Å². The van der Waals surface area contributed by atoms with E-state index in [-0.39, 0.29) is 54.9 Å². The van der Waals surface area contributed by atoms with Crippen LogP contribution < -0.4 is 36.4 Å². The second-order valence-corrected chi connectivity index (χ2v) is 19.4. The number of para-hydroxylation sites is 2. The molecule has 0 spiro atoms. The number of nitrogens with one attached hydrogen (secondary N) is 3. The Morgan fingerprint density at radius 1 is 0.890 bits per heavy atom. The van der Waals surface area contributed by atoms with Crippen molar-refractivity contribution < 1.29 is 29.2 Å². The predicted molar refractivity (Wildman–Crippen MR) is 292 cm³/mol. The molecule has 18 heteroatoms. The summed E-state index contributed by atoms with van der Waals surface area (Å²) in [5, 5.41) is 39.4. The van der Waals surface area contributed by atoms with Crippen LogP contribution in [0.5, 0.6) is 5.75 Å². The van der Waals surface area contributed by atoms with E-state index in [9.17, 15) is 19.1 Å². The number of carboxylic acids is 1. The Kier molecular flexibility index (Phi) is 18.9. The van der Waals surface area contributed by atoms with Crippen molar-refractivity contribution in [1.82, 2.24) is 29.7 Å². The van der Waals surface area contributed by atoms with Crippen LogP contribution in [-0.4, -0.2) is 125 Å². The number of piperazine rings is 1. The van der Waals surface area contributed by atoms with Crippen LogP contribution in [-0.2, 0) is 0 Å². The standard InChI is InChI=1S/C27H22Cl2N4.C18H20FN3O4.C10H24N2O2/c1-17(2)30-24-16-27-25(15-23(24)31-20-11-7-18(28)8-12-20)32-22-5-3-4-6-26(22)33(27)21-13-9-19(29)10-14-21;1-10-9-26-17-14-11(16(23)12(18(24)25)8-22(10)14)7-13(19)15(17)21-5-3-20(2)4-6-21;1-3-9(7-13)11-5-6-12-10(4-2)8-14/h3-17,31H,1-2H3;7-8,10H,3-6,9H2,1-2H3,(H,24,25);9-14H,3-8H2,1-2H3/t;10-;9-,10-/m.00/s1. The number of carboxylic acid groups (broad SMARTS) is 1. The first-order valence-corrected chi connectivity index (χ1v) is 25.6. The van der Waals surface area contributed by atoms with E-state index < -0.39 is 17.2 Å². The van der Waals surface area contributed by atoms with E-state index in [1.165, 1.54) is 6.20 Å². The molecule has 0 saturated carbocycles. The third kappa shape index (κ3) is 13.2. The summed E-state index contributed by atoms with van der Waals surface area (Å²) in [5.74, 6) is -1.54. The highest BCUT2D eigenvalue weighted by Crippen LogP contribution is 2.42. The second kappa shape index (κ2) is 25.2. The lowest BCUT2D eigenvalue weighted by atomic mass is 10.1. The second-order valence-electron chi connectivity index (χ2n) is 18.6. The van der Waals surface area contributed by atoms with Gasteiger partial charge in [0, 0.05) is 85.0 Å². The molecule has 1 fully saturated rings. The average molecular weight is 1040 g/mol. The Hall–Kier alpha value is -6.11. The number of halogens is 3. The largest absolute Gasteiger partial charge is 0.487 e. The Labute approximate surface area is 435 Å². The third-order valence-electron chi connectivity index (χ3n) is 12.9. The van der Waals surface area contributed by atoms with Crippen LogP contribution >= 0.6 is 23.2 Å². The first kappa shape index (κ1) is 54.7. The number of aliphatic hydroxyl groups excluding tert-OH is 2. The van der Waals surface area contributed by atoms with E-state index in [0.29, 0.717) is 40.1 Å². The number of likely N-dealkylation sites (N-methyl/N-ethyl adjacent to an activating group) is 1.